The molecule has 0 spiro atoms. The minimum atomic E-state index is -1.31. The molecule has 0 fully saturated rings. The molecule has 0 aromatic heterocycles. The van der Waals surface area contributed by atoms with E-state index in [1.165, 1.54) is 4.90 Å². The summed E-state index contributed by atoms with van der Waals surface area (Å²) < 4.78 is 6.72. The lowest BCUT2D eigenvalue weighted by molar-refractivity contribution is -0.132. The first-order valence-electron chi connectivity index (χ1n) is 14.2. The fourth-order valence-corrected chi connectivity index (χ4v) is 6.56. The molecule has 10 nitrogen and oxygen atoms in total. The first-order chi connectivity index (χ1) is 20.1. The number of allylic oxidation sites excluding steroid dienone is 1. The number of rotatable bonds is 8. The number of hydrogen-bond donors (Lipinski definition) is 4. The van der Waals surface area contributed by atoms with Crippen molar-refractivity contribution >= 4 is 39.8 Å². The van der Waals surface area contributed by atoms with E-state index in [1.54, 1.807) is 18.2 Å². The number of nitrogens with zero attached hydrogens (tertiary/aromatic N) is 2. The molecule has 2 aromatic carbocycles. The van der Waals surface area contributed by atoms with E-state index in [9.17, 15) is 24.6 Å². The molecular formula is C31H35BrN4O6. The van der Waals surface area contributed by atoms with Crippen LogP contribution >= 0.6 is 15.9 Å². The van der Waals surface area contributed by atoms with Crippen LogP contribution in [0.1, 0.15) is 84.6 Å². The average molecular weight is 640 g/mol. The highest BCUT2D eigenvalue weighted by molar-refractivity contribution is 9.10. The highest BCUT2D eigenvalue weighted by atomic mass is 79.9. The molecule has 3 aliphatic rings. The fraction of sp³-hybridized carbons (Fsp3) is 0.419. The van der Waals surface area contributed by atoms with Crippen molar-refractivity contribution in [3.63, 3.8) is 0 Å². The number of aliphatic hydroxyl groups is 1. The predicted octanol–water partition coefficient (Wildman–Crippen LogP) is 5.02. The molecule has 5 rings (SSSR count). The fourth-order valence-electron chi connectivity index (χ4n) is 6.18. The van der Waals surface area contributed by atoms with E-state index in [0.29, 0.717) is 49.2 Å². The molecule has 0 unspecified atom stereocenters. The molecule has 0 radical (unpaired) electrons. The van der Waals surface area contributed by atoms with E-state index in [2.05, 4.69) is 33.1 Å². The molecule has 0 saturated carbocycles. The van der Waals surface area contributed by atoms with Crippen molar-refractivity contribution in [1.82, 2.24) is 15.5 Å². The van der Waals surface area contributed by atoms with Crippen LogP contribution in [0.3, 0.4) is 0 Å². The molecule has 0 bridgehead atoms. The van der Waals surface area contributed by atoms with Crippen LogP contribution in [0.25, 0.3) is 0 Å². The lowest BCUT2D eigenvalue weighted by Crippen LogP contribution is -2.55. The number of guanidine groups is 1. The zero-order valence-corrected chi connectivity index (χ0v) is 25.0. The smallest absolute Gasteiger partial charge is 0.411 e. The summed E-state index contributed by atoms with van der Waals surface area (Å²) in [6, 6.07) is 9.59. The van der Waals surface area contributed by atoms with Gasteiger partial charge in [-0.05, 0) is 67.1 Å². The molecule has 4 atom stereocenters. The number of ether oxygens (including phenoxy) is 1. The minimum Gasteiger partial charge on any atom is -0.493 e. The van der Waals surface area contributed by atoms with Gasteiger partial charge in [-0.2, -0.15) is 0 Å². The van der Waals surface area contributed by atoms with Gasteiger partial charge in [0.15, 0.2) is 0 Å². The summed E-state index contributed by atoms with van der Waals surface area (Å²) in [7, 11) is 0. The standard InChI is InChI=1S/C31H35BrN4O6/c1-3-5-6-12-31(4-2)17-26(38)36(29(35-31)34-30(40)41)23-11-13-42-25-10-8-19(14-22(23)25)28(39)33-27-21-16-20(32)9-7-18(21)15-24(27)37/h3,7-10,14,16,23-24,27,37H,1,4-6,11-13,15,17H2,2H3,(H,33,39)(H,34,35)(H,40,41)/t23-,24-,27-,31-/m1/s1. The van der Waals surface area contributed by atoms with Gasteiger partial charge in [-0.1, -0.05) is 35.0 Å². The van der Waals surface area contributed by atoms with Gasteiger partial charge in [-0.15, -0.1) is 6.58 Å². The predicted molar refractivity (Wildman–Crippen MR) is 160 cm³/mol. The number of hydrogen-bond acceptors (Lipinski definition) is 6. The van der Waals surface area contributed by atoms with Crippen molar-refractivity contribution in [3.05, 3.63) is 75.8 Å². The van der Waals surface area contributed by atoms with Crippen LogP contribution in [-0.2, 0) is 11.2 Å². The van der Waals surface area contributed by atoms with Gasteiger partial charge in [-0.25, -0.2) is 9.79 Å². The third-order valence-electron chi connectivity index (χ3n) is 8.38. The maximum absolute atomic E-state index is 13.8. The van der Waals surface area contributed by atoms with E-state index >= 15 is 0 Å². The summed E-state index contributed by atoms with van der Waals surface area (Å²) in [4.78, 5) is 45.3. The lowest BCUT2D eigenvalue weighted by Gasteiger charge is -2.42. The number of unbranched alkanes of at least 4 members (excludes halogenated alkanes) is 1. The van der Waals surface area contributed by atoms with E-state index in [1.807, 2.05) is 31.2 Å². The van der Waals surface area contributed by atoms with E-state index in [4.69, 9.17) is 9.73 Å². The number of carboxylic acid groups (broad SMARTS) is 1. The number of halogens is 1. The summed E-state index contributed by atoms with van der Waals surface area (Å²) in [6.45, 7) is 6.03. The maximum atomic E-state index is 13.8. The molecular weight excluding hydrogens is 604 g/mol. The van der Waals surface area contributed by atoms with Crippen LogP contribution < -0.4 is 15.4 Å². The van der Waals surface area contributed by atoms with Crippen molar-refractivity contribution in [3.8, 4) is 5.75 Å². The average Bonchev–Trinajstić information content (AvgIpc) is 3.26. The second-order valence-corrected chi connectivity index (χ2v) is 12.0. The zero-order chi connectivity index (χ0) is 30.0. The topological polar surface area (TPSA) is 141 Å². The van der Waals surface area contributed by atoms with Crippen molar-refractivity contribution < 1.29 is 29.3 Å². The third-order valence-corrected chi connectivity index (χ3v) is 8.88. The summed E-state index contributed by atoms with van der Waals surface area (Å²) in [5, 5.41) is 25.7. The van der Waals surface area contributed by atoms with Gasteiger partial charge < -0.3 is 20.3 Å². The molecule has 3 amide bonds. The van der Waals surface area contributed by atoms with E-state index in [0.717, 1.165) is 28.4 Å². The molecule has 0 saturated heterocycles. The van der Waals surface area contributed by atoms with Gasteiger partial charge in [-0.3, -0.25) is 19.8 Å². The second kappa shape index (κ2) is 12.3. The second-order valence-electron chi connectivity index (χ2n) is 11.0. The number of amides is 3. The number of aliphatic hydroxyl groups excluding tert-OH is 1. The molecule has 2 aliphatic heterocycles. The Bertz CT molecular complexity index is 1440. The summed E-state index contributed by atoms with van der Waals surface area (Å²) >= 11 is 3.46. The third kappa shape index (κ3) is 5.94. The molecule has 11 heteroatoms. The van der Waals surface area contributed by atoms with Crippen molar-refractivity contribution in [2.24, 2.45) is 4.99 Å². The number of aliphatic imine (C=N–C) groups is 1. The molecule has 2 heterocycles. The van der Waals surface area contributed by atoms with Crippen LogP contribution in [0, 0.1) is 0 Å². The Balaban J connectivity index is 1.45. The SMILES string of the molecule is C=CCCC[C@]1(CC)CC(=O)N([C@@H]2CCOc3ccc(C(=O)N[C@@H]4c5cc(Br)ccc5C[C@H]4O)cc32)C(NC(=O)O)=N1. The van der Waals surface area contributed by atoms with Gasteiger partial charge in [0.05, 0.1) is 36.8 Å². The number of carbonyl (C=O) groups excluding carboxylic acids is 2. The van der Waals surface area contributed by atoms with Crippen LogP contribution in [0.15, 0.2) is 58.5 Å². The van der Waals surface area contributed by atoms with E-state index in [-0.39, 0.29) is 24.2 Å². The lowest BCUT2D eigenvalue weighted by atomic mass is 9.84. The van der Waals surface area contributed by atoms with Crippen LogP contribution in [0.5, 0.6) is 5.75 Å². The Morgan fingerprint density at radius 1 is 1.26 bits per heavy atom. The summed E-state index contributed by atoms with van der Waals surface area (Å²) in [6.07, 6.45) is 3.48. The van der Waals surface area contributed by atoms with Crippen molar-refractivity contribution in [2.45, 2.75) is 75.6 Å². The normalized spacial score (nSPS) is 24.6. The van der Waals surface area contributed by atoms with Crippen molar-refractivity contribution in [2.75, 3.05) is 6.61 Å². The monoisotopic (exact) mass is 638 g/mol. The molecule has 42 heavy (non-hydrogen) atoms. The number of fused-ring (bicyclic) bond motifs is 2. The highest BCUT2D eigenvalue weighted by Gasteiger charge is 2.44. The summed E-state index contributed by atoms with van der Waals surface area (Å²) in [5.41, 5.74) is 2.05. The zero-order valence-electron chi connectivity index (χ0n) is 23.4. The number of nitrogens with one attached hydrogen (secondary N) is 2. The quantitative estimate of drug-likeness (QED) is 0.236. The first kappa shape index (κ1) is 29.8. The van der Waals surface area contributed by atoms with Gasteiger partial charge >= 0.3 is 6.09 Å². The maximum Gasteiger partial charge on any atom is 0.411 e. The number of benzene rings is 2. The Kier molecular flexibility index (Phi) is 8.70. The van der Waals surface area contributed by atoms with Crippen LogP contribution in [-0.4, -0.2) is 57.2 Å². The van der Waals surface area contributed by atoms with E-state index < -0.39 is 29.8 Å². The van der Waals surface area contributed by atoms with Crippen molar-refractivity contribution in [1.29, 1.82) is 0 Å². The Labute approximate surface area is 253 Å². The van der Waals surface area contributed by atoms with Crippen LogP contribution in [0.4, 0.5) is 4.79 Å². The van der Waals surface area contributed by atoms with Gasteiger partial charge in [0.2, 0.25) is 11.9 Å². The Morgan fingerprint density at radius 2 is 2.07 bits per heavy atom. The number of carbonyl (C=O) groups is 3. The molecule has 4 N–H and O–H groups in total. The minimum absolute atomic E-state index is 0.0110. The highest BCUT2D eigenvalue weighted by Crippen LogP contribution is 2.41. The molecule has 1 aliphatic carbocycles. The van der Waals surface area contributed by atoms with Gasteiger partial charge in [0.25, 0.3) is 5.91 Å². The molecule has 2 aromatic rings. The van der Waals surface area contributed by atoms with Gasteiger partial charge in [0, 0.05) is 28.4 Å². The first-order valence-corrected chi connectivity index (χ1v) is 15.0. The summed E-state index contributed by atoms with van der Waals surface area (Å²) in [5.74, 6) is -0.117. The Morgan fingerprint density at radius 3 is 2.81 bits per heavy atom. The van der Waals surface area contributed by atoms with Crippen LogP contribution in [0.2, 0.25) is 0 Å². The Hall–Kier alpha value is -3.70. The largest absolute Gasteiger partial charge is 0.493 e. The van der Waals surface area contributed by atoms with Gasteiger partial charge in [0.1, 0.15) is 5.75 Å². The molecule has 222 valence electrons.